The molecule has 0 radical (unpaired) electrons. The van der Waals surface area contributed by atoms with Crippen LogP contribution in [0.3, 0.4) is 0 Å². The van der Waals surface area contributed by atoms with E-state index in [9.17, 15) is 0 Å². The molecule has 0 aliphatic rings. The van der Waals surface area contributed by atoms with Crippen LogP contribution in [0, 0.1) is 0 Å². The molecule has 2 aromatic rings. The van der Waals surface area contributed by atoms with Crippen molar-refractivity contribution in [1.29, 1.82) is 0 Å². The molecule has 2 rings (SSSR count). The van der Waals surface area contributed by atoms with Crippen molar-refractivity contribution in [2.75, 3.05) is 32.6 Å². The number of ether oxygens (including phenoxy) is 2. The summed E-state index contributed by atoms with van der Waals surface area (Å²) in [6.07, 6.45) is 1.74. The van der Waals surface area contributed by atoms with E-state index in [2.05, 4.69) is 10.3 Å². The van der Waals surface area contributed by atoms with E-state index in [-0.39, 0.29) is 0 Å². The molecule has 0 atom stereocenters. The van der Waals surface area contributed by atoms with Gasteiger partial charge in [0.2, 0.25) is 0 Å². The number of rotatable bonds is 5. The van der Waals surface area contributed by atoms with Crippen LogP contribution in [-0.2, 0) is 0 Å². The summed E-state index contributed by atoms with van der Waals surface area (Å²) >= 11 is 0. The Bertz CT molecular complexity index is 543. The summed E-state index contributed by atoms with van der Waals surface area (Å²) in [7, 11) is 3.27. The molecule has 3 N–H and O–H groups in total. The molecule has 0 saturated carbocycles. The fourth-order valence-corrected chi connectivity index (χ4v) is 1.90. The highest BCUT2D eigenvalue weighted by Gasteiger charge is 2.12. The largest absolute Gasteiger partial charge is 0.496 e. The minimum absolute atomic E-state index is 0.566. The number of aromatic nitrogens is 1. The summed E-state index contributed by atoms with van der Waals surface area (Å²) in [6, 6.07) is 5.62. The molecule has 0 saturated heterocycles. The van der Waals surface area contributed by atoms with Gasteiger partial charge in [0, 0.05) is 25.0 Å². The van der Waals surface area contributed by atoms with Crippen molar-refractivity contribution in [1.82, 2.24) is 4.98 Å². The highest BCUT2D eigenvalue weighted by atomic mass is 16.5. The Kier molecular flexibility index (Phi) is 3.84. The van der Waals surface area contributed by atoms with E-state index >= 15 is 0 Å². The molecule has 0 fully saturated rings. The number of nitrogens with two attached hydrogens (primary N) is 1. The van der Waals surface area contributed by atoms with Crippen LogP contribution in [0.2, 0.25) is 0 Å². The number of hydrogen-bond acceptors (Lipinski definition) is 5. The number of pyridine rings is 1. The van der Waals surface area contributed by atoms with Gasteiger partial charge >= 0.3 is 0 Å². The van der Waals surface area contributed by atoms with E-state index in [1.54, 1.807) is 20.4 Å². The maximum Gasteiger partial charge on any atom is 0.145 e. The molecule has 0 spiro atoms. The molecule has 96 valence electrons. The van der Waals surface area contributed by atoms with Gasteiger partial charge in [-0.25, -0.2) is 0 Å². The Hall–Kier alpha value is -2.01. The molecule has 0 unspecified atom stereocenters. The maximum absolute atomic E-state index is 5.51. The highest BCUT2D eigenvalue weighted by Crippen LogP contribution is 2.36. The summed E-state index contributed by atoms with van der Waals surface area (Å²) in [5, 5.41) is 4.17. The van der Waals surface area contributed by atoms with Crippen LogP contribution in [0.25, 0.3) is 10.9 Å². The SMILES string of the molecule is COc1ccc(OC)c2c(NCCN)ccnc12. The van der Waals surface area contributed by atoms with E-state index in [1.165, 1.54) is 0 Å². The van der Waals surface area contributed by atoms with Crippen molar-refractivity contribution in [3.05, 3.63) is 24.4 Å². The molecule has 1 heterocycles. The first-order valence-corrected chi connectivity index (χ1v) is 5.75. The average Bonchev–Trinajstić information content (AvgIpc) is 2.43. The second-order valence-electron chi connectivity index (χ2n) is 3.77. The number of hydrogen-bond donors (Lipinski definition) is 2. The molecule has 0 aliphatic carbocycles. The lowest BCUT2D eigenvalue weighted by Gasteiger charge is -2.13. The Balaban J connectivity index is 2.64. The van der Waals surface area contributed by atoms with Crippen LogP contribution in [-0.4, -0.2) is 32.3 Å². The Morgan fingerprint density at radius 3 is 2.56 bits per heavy atom. The number of nitrogens with zero attached hydrogens (tertiary/aromatic N) is 1. The summed E-state index contributed by atoms with van der Waals surface area (Å²) < 4.78 is 10.7. The van der Waals surface area contributed by atoms with Crippen molar-refractivity contribution in [2.24, 2.45) is 5.73 Å². The van der Waals surface area contributed by atoms with Crippen molar-refractivity contribution in [3.8, 4) is 11.5 Å². The number of nitrogens with one attached hydrogen (secondary N) is 1. The van der Waals surface area contributed by atoms with Gasteiger partial charge in [-0.05, 0) is 18.2 Å². The smallest absolute Gasteiger partial charge is 0.145 e. The molecular weight excluding hydrogens is 230 g/mol. The van der Waals surface area contributed by atoms with Gasteiger partial charge in [-0.3, -0.25) is 4.98 Å². The Morgan fingerprint density at radius 1 is 1.17 bits per heavy atom. The van der Waals surface area contributed by atoms with Gasteiger partial charge in [-0.1, -0.05) is 0 Å². The molecule has 0 bridgehead atoms. The highest BCUT2D eigenvalue weighted by molar-refractivity contribution is 5.99. The van der Waals surface area contributed by atoms with Gasteiger partial charge < -0.3 is 20.5 Å². The number of methoxy groups -OCH3 is 2. The van der Waals surface area contributed by atoms with Gasteiger partial charge in [-0.15, -0.1) is 0 Å². The summed E-state index contributed by atoms with van der Waals surface area (Å²) in [5.41, 5.74) is 7.24. The Morgan fingerprint density at radius 2 is 1.89 bits per heavy atom. The van der Waals surface area contributed by atoms with Crippen LogP contribution in [0.15, 0.2) is 24.4 Å². The third-order valence-electron chi connectivity index (χ3n) is 2.72. The predicted molar refractivity (Wildman–Crippen MR) is 72.4 cm³/mol. The van der Waals surface area contributed by atoms with E-state index in [4.69, 9.17) is 15.2 Å². The quantitative estimate of drug-likeness (QED) is 0.840. The van der Waals surface area contributed by atoms with Crippen LogP contribution in [0.5, 0.6) is 11.5 Å². The standard InChI is InChI=1S/C13H17N3O2/c1-17-10-3-4-11(18-2)13-12(10)9(5-7-16-13)15-8-6-14/h3-5,7H,6,8,14H2,1-2H3,(H,15,16). The van der Waals surface area contributed by atoms with Crippen molar-refractivity contribution >= 4 is 16.6 Å². The van der Waals surface area contributed by atoms with Gasteiger partial charge in [-0.2, -0.15) is 0 Å². The molecule has 1 aromatic carbocycles. The fraction of sp³-hybridized carbons (Fsp3) is 0.308. The number of anilines is 1. The predicted octanol–water partition coefficient (Wildman–Crippen LogP) is 1.62. The first-order chi connectivity index (χ1) is 8.81. The maximum atomic E-state index is 5.51. The van der Waals surface area contributed by atoms with Crippen molar-refractivity contribution < 1.29 is 9.47 Å². The molecule has 0 amide bonds. The zero-order valence-corrected chi connectivity index (χ0v) is 10.6. The number of fused-ring (bicyclic) bond motifs is 1. The molecule has 5 nitrogen and oxygen atoms in total. The first-order valence-electron chi connectivity index (χ1n) is 5.75. The third-order valence-corrected chi connectivity index (χ3v) is 2.72. The van der Waals surface area contributed by atoms with E-state index < -0.39 is 0 Å². The summed E-state index contributed by atoms with van der Waals surface area (Å²) in [6.45, 7) is 1.26. The first kappa shape index (κ1) is 12.4. The lowest BCUT2D eigenvalue weighted by atomic mass is 10.1. The Labute approximate surface area is 106 Å². The monoisotopic (exact) mass is 247 g/mol. The second-order valence-corrected chi connectivity index (χ2v) is 3.77. The normalized spacial score (nSPS) is 10.4. The minimum Gasteiger partial charge on any atom is -0.496 e. The van der Waals surface area contributed by atoms with E-state index in [0.717, 1.165) is 28.1 Å². The van der Waals surface area contributed by atoms with Crippen LogP contribution in [0.4, 0.5) is 5.69 Å². The minimum atomic E-state index is 0.566. The summed E-state index contributed by atoms with van der Waals surface area (Å²) in [5.74, 6) is 1.49. The van der Waals surface area contributed by atoms with E-state index in [1.807, 2.05) is 18.2 Å². The fourth-order valence-electron chi connectivity index (χ4n) is 1.90. The lowest BCUT2D eigenvalue weighted by molar-refractivity contribution is 0.410. The molecule has 5 heteroatoms. The lowest BCUT2D eigenvalue weighted by Crippen LogP contribution is -2.13. The zero-order valence-electron chi connectivity index (χ0n) is 10.6. The zero-order chi connectivity index (χ0) is 13.0. The van der Waals surface area contributed by atoms with Crippen molar-refractivity contribution in [3.63, 3.8) is 0 Å². The number of benzene rings is 1. The van der Waals surface area contributed by atoms with E-state index in [0.29, 0.717) is 13.1 Å². The summed E-state index contributed by atoms with van der Waals surface area (Å²) in [4.78, 5) is 4.35. The molecule has 0 aliphatic heterocycles. The van der Waals surface area contributed by atoms with Crippen LogP contribution < -0.4 is 20.5 Å². The van der Waals surface area contributed by atoms with Crippen LogP contribution in [0.1, 0.15) is 0 Å². The molecular formula is C13H17N3O2. The van der Waals surface area contributed by atoms with Gasteiger partial charge in [0.05, 0.1) is 19.6 Å². The molecule has 18 heavy (non-hydrogen) atoms. The van der Waals surface area contributed by atoms with Gasteiger partial charge in [0.15, 0.2) is 0 Å². The second kappa shape index (κ2) is 5.55. The van der Waals surface area contributed by atoms with Gasteiger partial charge in [0.25, 0.3) is 0 Å². The molecule has 1 aromatic heterocycles. The van der Waals surface area contributed by atoms with Crippen molar-refractivity contribution in [2.45, 2.75) is 0 Å². The average molecular weight is 247 g/mol. The third kappa shape index (κ3) is 2.17. The van der Waals surface area contributed by atoms with Crippen LogP contribution >= 0.6 is 0 Å². The van der Waals surface area contributed by atoms with Gasteiger partial charge in [0.1, 0.15) is 17.0 Å². The topological polar surface area (TPSA) is 69.4 Å².